The first-order valence-corrected chi connectivity index (χ1v) is 7.15. The minimum absolute atomic E-state index is 0.230. The number of hydrogen-bond acceptors (Lipinski definition) is 4. The van der Waals surface area contributed by atoms with E-state index in [9.17, 15) is 0 Å². The second-order valence-electron chi connectivity index (χ2n) is 5.55. The first-order chi connectivity index (χ1) is 10.5. The number of ether oxygens (including phenoxy) is 3. The molecule has 0 amide bonds. The second-order valence-corrected chi connectivity index (χ2v) is 5.55. The van der Waals surface area contributed by atoms with Crippen LogP contribution in [0.4, 0.5) is 5.69 Å². The van der Waals surface area contributed by atoms with E-state index >= 15 is 0 Å². The third kappa shape index (κ3) is 3.45. The molecule has 0 aliphatic rings. The van der Waals surface area contributed by atoms with Crippen molar-refractivity contribution in [1.29, 1.82) is 0 Å². The Labute approximate surface area is 132 Å². The molecule has 22 heavy (non-hydrogen) atoms. The van der Waals surface area contributed by atoms with E-state index < -0.39 is 0 Å². The van der Waals surface area contributed by atoms with Crippen molar-refractivity contribution in [1.82, 2.24) is 0 Å². The van der Waals surface area contributed by atoms with E-state index in [4.69, 9.17) is 14.2 Å². The third-order valence-electron chi connectivity index (χ3n) is 3.65. The van der Waals surface area contributed by atoms with Crippen LogP contribution in [-0.2, 0) is 5.54 Å². The lowest BCUT2D eigenvalue weighted by molar-refractivity contribution is 0.355. The van der Waals surface area contributed by atoms with Crippen LogP contribution in [0, 0.1) is 0 Å². The van der Waals surface area contributed by atoms with Gasteiger partial charge in [-0.2, -0.15) is 0 Å². The molecule has 0 heterocycles. The second kappa shape index (κ2) is 6.60. The number of benzene rings is 2. The Morgan fingerprint density at radius 2 is 1.41 bits per heavy atom. The van der Waals surface area contributed by atoms with E-state index in [1.165, 1.54) is 5.56 Å². The van der Waals surface area contributed by atoms with Crippen LogP contribution in [-0.4, -0.2) is 21.3 Å². The van der Waals surface area contributed by atoms with Gasteiger partial charge in [0.15, 0.2) is 11.5 Å². The smallest absolute Gasteiger partial charge is 0.162 e. The van der Waals surface area contributed by atoms with Crippen LogP contribution in [0.25, 0.3) is 0 Å². The lowest BCUT2D eigenvalue weighted by Crippen LogP contribution is -2.27. The number of rotatable bonds is 6. The zero-order valence-corrected chi connectivity index (χ0v) is 13.8. The lowest BCUT2D eigenvalue weighted by Gasteiger charge is -2.28. The average molecular weight is 301 g/mol. The van der Waals surface area contributed by atoms with Gasteiger partial charge in [-0.3, -0.25) is 0 Å². The third-order valence-corrected chi connectivity index (χ3v) is 3.65. The SMILES string of the molecule is COc1ccc(C(C)(C)Nc2ccc(OC)c(OC)c2)cc1. The first kappa shape index (κ1) is 16.0. The van der Waals surface area contributed by atoms with Gasteiger partial charge in [-0.05, 0) is 43.7 Å². The van der Waals surface area contributed by atoms with Crippen LogP contribution in [0.15, 0.2) is 42.5 Å². The summed E-state index contributed by atoms with van der Waals surface area (Å²) in [5.74, 6) is 2.28. The molecular formula is C18H23NO3. The molecule has 2 aromatic carbocycles. The fourth-order valence-electron chi connectivity index (χ4n) is 2.35. The summed E-state index contributed by atoms with van der Waals surface area (Å²) in [5.41, 5.74) is 1.91. The van der Waals surface area contributed by atoms with Crippen LogP contribution in [0.2, 0.25) is 0 Å². The molecule has 0 aromatic heterocycles. The van der Waals surface area contributed by atoms with Crippen molar-refractivity contribution < 1.29 is 14.2 Å². The number of nitrogens with one attached hydrogen (secondary N) is 1. The maximum atomic E-state index is 5.35. The van der Waals surface area contributed by atoms with Gasteiger partial charge in [0.2, 0.25) is 0 Å². The van der Waals surface area contributed by atoms with Gasteiger partial charge in [0.1, 0.15) is 5.75 Å². The monoisotopic (exact) mass is 301 g/mol. The van der Waals surface area contributed by atoms with Gasteiger partial charge in [-0.25, -0.2) is 0 Å². The van der Waals surface area contributed by atoms with Gasteiger partial charge in [0.05, 0.1) is 26.9 Å². The van der Waals surface area contributed by atoms with Crippen molar-refractivity contribution >= 4 is 5.69 Å². The fraction of sp³-hybridized carbons (Fsp3) is 0.333. The molecule has 0 aliphatic heterocycles. The molecule has 118 valence electrons. The predicted octanol–water partition coefficient (Wildman–Crippen LogP) is 4.06. The molecule has 2 rings (SSSR count). The van der Waals surface area contributed by atoms with Crippen molar-refractivity contribution in [3.63, 3.8) is 0 Å². The van der Waals surface area contributed by atoms with Crippen molar-refractivity contribution in [3.05, 3.63) is 48.0 Å². The molecule has 0 fully saturated rings. The Morgan fingerprint density at radius 1 is 0.773 bits per heavy atom. The number of hydrogen-bond donors (Lipinski definition) is 1. The van der Waals surface area contributed by atoms with Crippen LogP contribution in [0.1, 0.15) is 19.4 Å². The van der Waals surface area contributed by atoms with Crippen LogP contribution < -0.4 is 19.5 Å². The Morgan fingerprint density at radius 3 is 1.95 bits per heavy atom. The summed E-state index contributed by atoms with van der Waals surface area (Å²) in [6.45, 7) is 4.26. The molecular weight excluding hydrogens is 278 g/mol. The Bertz CT molecular complexity index is 621. The summed E-state index contributed by atoms with van der Waals surface area (Å²) in [7, 11) is 4.94. The summed E-state index contributed by atoms with van der Waals surface area (Å²) in [4.78, 5) is 0. The van der Waals surface area contributed by atoms with Gasteiger partial charge in [-0.1, -0.05) is 12.1 Å². The zero-order chi connectivity index (χ0) is 16.2. The molecule has 0 spiro atoms. The van der Waals surface area contributed by atoms with Gasteiger partial charge in [-0.15, -0.1) is 0 Å². The topological polar surface area (TPSA) is 39.7 Å². The quantitative estimate of drug-likeness (QED) is 0.873. The van der Waals surface area contributed by atoms with Crippen LogP contribution >= 0.6 is 0 Å². The molecule has 4 heteroatoms. The normalized spacial score (nSPS) is 11.0. The van der Waals surface area contributed by atoms with Gasteiger partial charge >= 0.3 is 0 Å². The van der Waals surface area contributed by atoms with Gasteiger partial charge < -0.3 is 19.5 Å². The van der Waals surface area contributed by atoms with Gasteiger partial charge in [0, 0.05) is 11.8 Å². The molecule has 1 N–H and O–H groups in total. The maximum absolute atomic E-state index is 5.35. The summed E-state index contributed by atoms with van der Waals surface area (Å²) in [6.07, 6.45) is 0. The van der Waals surface area contributed by atoms with Crippen LogP contribution in [0.3, 0.4) is 0 Å². The van der Waals surface area contributed by atoms with E-state index in [-0.39, 0.29) is 5.54 Å². The highest BCUT2D eigenvalue weighted by Crippen LogP contribution is 2.33. The van der Waals surface area contributed by atoms with E-state index in [1.807, 2.05) is 30.3 Å². The molecule has 0 atom stereocenters. The standard InChI is InChI=1S/C18H23NO3/c1-18(2,13-6-9-15(20-3)10-7-13)19-14-8-11-16(21-4)17(12-14)22-5/h6-12,19H,1-5H3. The number of methoxy groups -OCH3 is 3. The first-order valence-electron chi connectivity index (χ1n) is 7.15. The molecule has 0 unspecified atom stereocenters. The van der Waals surface area contributed by atoms with Gasteiger partial charge in [0.25, 0.3) is 0 Å². The summed E-state index contributed by atoms with van der Waals surface area (Å²) >= 11 is 0. The van der Waals surface area contributed by atoms with E-state index in [1.54, 1.807) is 21.3 Å². The molecule has 4 nitrogen and oxygen atoms in total. The largest absolute Gasteiger partial charge is 0.497 e. The minimum Gasteiger partial charge on any atom is -0.497 e. The van der Waals surface area contributed by atoms with Crippen molar-refractivity contribution in [2.45, 2.75) is 19.4 Å². The summed E-state index contributed by atoms with van der Waals surface area (Å²) in [5, 5.41) is 3.52. The summed E-state index contributed by atoms with van der Waals surface area (Å²) < 4.78 is 15.8. The lowest BCUT2D eigenvalue weighted by atomic mass is 9.94. The summed E-state index contributed by atoms with van der Waals surface area (Å²) in [6, 6.07) is 13.9. The van der Waals surface area contributed by atoms with Crippen molar-refractivity contribution in [2.75, 3.05) is 26.6 Å². The molecule has 0 bridgehead atoms. The predicted molar refractivity (Wildman–Crippen MR) is 89.2 cm³/mol. The highest BCUT2D eigenvalue weighted by Gasteiger charge is 2.20. The molecule has 0 saturated carbocycles. The molecule has 0 radical (unpaired) electrons. The molecule has 0 saturated heterocycles. The highest BCUT2D eigenvalue weighted by atomic mass is 16.5. The highest BCUT2D eigenvalue weighted by molar-refractivity contribution is 5.56. The molecule has 0 aliphatic carbocycles. The Hall–Kier alpha value is -2.36. The van der Waals surface area contributed by atoms with E-state index in [0.29, 0.717) is 5.75 Å². The van der Waals surface area contributed by atoms with Crippen LogP contribution in [0.5, 0.6) is 17.2 Å². The molecule has 2 aromatic rings. The maximum Gasteiger partial charge on any atom is 0.162 e. The van der Waals surface area contributed by atoms with E-state index in [2.05, 4.69) is 31.3 Å². The zero-order valence-electron chi connectivity index (χ0n) is 13.8. The Balaban J connectivity index is 2.23. The van der Waals surface area contributed by atoms with Crippen molar-refractivity contribution in [2.24, 2.45) is 0 Å². The van der Waals surface area contributed by atoms with Crippen molar-refractivity contribution in [3.8, 4) is 17.2 Å². The Kier molecular flexibility index (Phi) is 4.81. The van der Waals surface area contributed by atoms with E-state index in [0.717, 1.165) is 17.2 Å². The number of anilines is 1. The fourth-order valence-corrected chi connectivity index (χ4v) is 2.35. The average Bonchev–Trinajstić information content (AvgIpc) is 2.54. The minimum atomic E-state index is -0.230.